The van der Waals surface area contributed by atoms with Gasteiger partial charge in [0.2, 0.25) is 0 Å². The highest BCUT2D eigenvalue weighted by atomic mass is 19.1. The minimum absolute atomic E-state index is 0.101. The molecule has 0 bridgehead atoms. The van der Waals surface area contributed by atoms with Gasteiger partial charge in [0.05, 0.1) is 31.5 Å². The van der Waals surface area contributed by atoms with Gasteiger partial charge >= 0.3 is 5.97 Å². The standard InChI is InChI=1S/C15H16FNO6/c1-23-14(22)11(6-15(16,7-18)8-19)17-12(20)9-4-2-3-5-10(9)13(17)21/h2-5,11,18-19H,6-8H2,1H3. The lowest BCUT2D eigenvalue weighted by Crippen LogP contribution is -2.50. The second kappa shape index (κ2) is 6.43. The van der Waals surface area contributed by atoms with Crippen molar-refractivity contribution >= 4 is 17.8 Å². The zero-order valence-electron chi connectivity index (χ0n) is 12.4. The molecule has 124 valence electrons. The predicted octanol–water partition coefficient (Wildman–Crippen LogP) is -0.0928. The van der Waals surface area contributed by atoms with Gasteiger partial charge in [-0.2, -0.15) is 0 Å². The molecule has 1 aromatic carbocycles. The maximum Gasteiger partial charge on any atom is 0.329 e. The fourth-order valence-electron chi connectivity index (χ4n) is 2.43. The Labute approximate surface area is 131 Å². The number of aliphatic hydroxyl groups excluding tert-OH is 2. The van der Waals surface area contributed by atoms with Gasteiger partial charge in [-0.25, -0.2) is 9.18 Å². The van der Waals surface area contributed by atoms with Crippen LogP contribution in [0.1, 0.15) is 27.1 Å². The number of aliphatic hydroxyl groups is 2. The van der Waals surface area contributed by atoms with Gasteiger partial charge < -0.3 is 14.9 Å². The molecule has 1 aliphatic heterocycles. The van der Waals surface area contributed by atoms with Crippen LogP contribution in [0.2, 0.25) is 0 Å². The summed E-state index contributed by atoms with van der Waals surface area (Å²) in [4.78, 5) is 37.3. The Hall–Kier alpha value is -2.32. The first-order chi connectivity index (χ1) is 10.9. The van der Waals surface area contributed by atoms with Crippen molar-refractivity contribution in [3.05, 3.63) is 35.4 Å². The molecule has 0 spiro atoms. The van der Waals surface area contributed by atoms with Gasteiger partial charge in [0.1, 0.15) is 6.04 Å². The molecule has 1 atom stereocenters. The van der Waals surface area contributed by atoms with Gasteiger partial charge in [0, 0.05) is 6.42 Å². The number of hydrogen-bond acceptors (Lipinski definition) is 6. The van der Waals surface area contributed by atoms with E-state index in [1.165, 1.54) is 12.1 Å². The lowest BCUT2D eigenvalue weighted by atomic mass is 9.97. The fraction of sp³-hybridized carbons (Fsp3) is 0.400. The number of halogens is 1. The zero-order valence-corrected chi connectivity index (χ0v) is 12.4. The highest BCUT2D eigenvalue weighted by Gasteiger charge is 2.47. The molecule has 0 aliphatic carbocycles. The van der Waals surface area contributed by atoms with Crippen LogP contribution in [0.3, 0.4) is 0 Å². The molecular formula is C15H16FNO6. The van der Waals surface area contributed by atoms with Crippen LogP contribution in [0.25, 0.3) is 0 Å². The Morgan fingerprint density at radius 3 is 2.09 bits per heavy atom. The molecule has 1 heterocycles. The molecule has 23 heavy (non-hydrogen) atoms. The smallest absolute Gasteiger partial charge is 0.329 e. The minimum Gasteiger partial charge on any atom is -0.467 e. The lowest BCUT2D eigenvalue weighted by molar-refractivity contribution is -0.147. The molecule has 1 aliphatic rings. The van der Waals surface area contributed by atoms with E-state index in [0.29, 0.717) is 4.90 Å². The third kappa shape index (κ3) is 2.95. The van der Waals surface area contributed by atoms with Gasteiger partial charge in [-0.1, -0.05) is 12.1 Å². The maximum absolute atomic E-state index is 14.3. The first-order valence-electron chi connectivity index (χ1n) is 6.84. The Kier molecular flexibility index (Phi) is 4.76. The lowest BCUT2D eigenvalue weighted by Gasteiger charge is -2.29. The molecule has 1 aromatic rings. The minimum atomic E-state index is -2.53. The Balaban J connectivity index is 2.40. The highest BCUT2D eigenvalue weighted by Crippen LogP contribution is 2.29. The molecule has 0 saturated heterocycles. The number of carbonyl (C=O) groups excluding carboxylic acids is 3. The third-order valence-corrected chi connectivity index (χ3v) is 3.74. The summed E-state index contributed by atoms with van der Waals surface area (Å²) in [6.45, 7) is -2.14. The number of nitrogens with zero attached hydrogens (tertiary/aromatic N) is 1. The molecule has 7 nitrogen and oxygen atoms in total. The van der Waals surface area contributed by atoms with Crippen molar-refractivity contribution in [1.82, 2.24) is 4.90 Å². The number of esters is 1. The summed E-state index contributed by atoms with van der Waals surface area (Å²) < 4.78 is 18.8. The number of fused-ring (bicyclic) bond motifs is 1. The van der Waals surface area contributed by atoms with Crippen LogP contribution >= 0.6 is 0 Å². The molecule has 1 unspecified atom stereocenters. The van der Waals surface area contributed by atoms with Crippen LogP contribution in [0.5, 0.6) is 0 Å². The molecule has 0 fully saturated rings. The number of carbonyl (C=O) groups is 3. The van der Waals surface area contributed by atoms with Crippen LogP contribution in [0.15, 0.2) is 24.3 Å². The number of alkyl halides is 1. The molecule has 2 amide bonds. The monoisotopic (exact) mass is 325 g/mol. The third-order valence-electron chi connectivity index (χ3n) is 3.74. The zero-order chi connectivity index (χ0) is 17.2. The first-order valence-corrected chi connectivity index (χ1v) is 6.84. The van der Waals surface area contributed by atoms with E-state index in [1.54, 1.807) is 12.1 Å². The number of ether oxygens (including phenoxy) is 1. The van der Waals surface area contributed by atoms with Gasteiger partial charge in [-0.15, -0.1) is 0 Å². The van der Waals surface area contributed by atoms with E-state index >= 15 is 0 Å². The van der Waals surface area contributed by atoms with Gasteiger partial charge in [-0.3, -0.25) is 14.5 Å². The number of imide groups is 1. The van der Waals surface area contributed by atoms with E-state index in [2.05, 4.69) is 4.74 Å². The van der Waals surface area contributed by atoms with Crippen LogP contribution in [-0.2, 0) is 9.53 Å². The summed E-state index contributed by atoms with van der Waals surface area (Å²) in [5, 5.41) is 18.1. The summed E-state index contributed by atoms with van der Waals surface area (Å²) in [5.41, 5.74) is -2.33. The van der Waals surface area contributed by atoms with Crippen molar-refractivity contribution in [2.45, 2.75) is 18.1 Å². The predicted molar refractivity (Wildman–Crippen MR) is 75.4 cm³/mol. The molecule has 2 N–H and O–H groups in total. The summed E-state index contributed by atoms with van der Waals surface area (Å²) in [6.07, 6.45) is -0.766. The fourth-order valence-corrected chi connectivity index (χ4v) is 2.43. The van der Waals surface area contributed by atoms with Crippen LogP contribution < -0.4 is 0 Å². The molecule has 2 rings (SSSR count). The normalized spacial score (nSPS) is 15.6. The largest absolute Gasteiger partial charge is 0.467 e. The van der Waals surface area contributed by atoms with Crippen LogP contribution in [0, 0.1) is 0 Å². The SMILES string of the molecule is COC(=O)C(CC(F)(CO)CO)N1C(=O)c2ccccc2C1=O. The number of amides is 2. The van der Waals surface area contributed by atoms with Gasteiger partial charge in [0.15, 0.2) is 5.67 Å². The van der Waals surface area contributed by atoms with E-state index in [4.69, 9.17) is 10.2 Å². The Bertz CT molecular complexity index is 608. The van der Waals surface area contributed by atoms with Crippen molar-refractivity contribution in [2.75, 3.05) is 20.3 Å². The van der Waals surface area contributed by atoms with Gasteiger partial charge in [0.25, 0.3) is 11.8 Å². The van der Waals surface area contributed by atoms with Crippen LogP contribution in [0.4, 0.5) is 4.39 Å². The highest BCUT2D eigenvalue weighted by molar-refractivity contribution is 6.22. The van der Waals surface area contributed by atoms with Crippen molar-refractivity contribution in [1.29, 1.82) is 0 Å². The summed E-state index contributed by atoms with van der Waals surface area (Å²) >= 11 is 0. The average molecular weight is 325 g/mol. The Morgan fingerprint density at radius 2 is 1.70 bits per heavy atom. The summed E-state index contributed by atoms with van der Waals surface area (Å²) in [6, 6.07) is 4.37. The Morgan fingerprint density at radius 1 is 1.22 bits per heavy atom. The van der Waals surface area contributed by atoms with E-state index < -0.39 is 49.1 Å². The maximum atomic E-state index is 14.3. The van der Waals surface area contributed by atoms with Crippen molar-refractivity contribution in [3.8, 4) is 0 Å². The molecule has 8 heteroatoms. The van der Waals surface area contributed by atoms with Crippen LogP contribution in [-0.4, -0.2) is 64.9 Å². The van der Waals surface area contributed by atoms with E-state index in [-0.39, 0.29) is 11.1 Å². The van der Waals surface area contributed by atoms with Crippen molar-refractivity contribution < 1.29 is 33.7 Å². The van der Waals surface area contributed by atoms with Crippen molar-refractivity contribution in [2.24, 2.45) is 0 Å². The molecular weight excluding hydrogens is 309 g/mol. The molecule has 0 aromatic heterocycles. The first kappa shape index (κ1) is 17.0. The molecule has 0 radical (unpaired) electrons. The summed E-state index contributed by atoms with van der Waals surface area (Å²) in [5.74, 6) is -2.51. The van der Waals surface area contributed by atoms with E-state index in [1.807, 2.05) is 0 Å². The number of benzene rings is 1. The van der Waals surface area contributed by atoms with Crippen molar-refractivity contribution in [3.63, 3.8) is 0 Å². The number of methoxy groups -OCH3 is 1. The number of rotatable bonds is 6. The number of hydrogen-bond donors (Lipinski definition) is 2. The summed E-state index contributed by atoms with van der Waals surface area (Å²) in [7, 11) is 1.03. The van der Waals surface area contributed by atoms with Gasteiger partial charge in [-0.05, 0) is 12.1 Å². The topological polar surface area (TPSA) is 104 Å². The quantitative estimate of drug-likeness (QED) is 0.559. The average Bonchev–Trinajstić information content (AvgIpc) is 2.83. The van der Waals surface area contributed by atoms with E-state index in [9.17, 15) is 18.8 Å². The second-order valence-corrected chi connectivity index (χ2v) is 5.24. The van der Waals surface area contributed by atoms with E-state index in [0.717, 1.165) is 7.11 Å². The second-order valence-electron chi connectivity index (χ2n) is 5.24. The molecule has 0 saturated carbocycles.